The lowest BCUT2D eigenvalue weighted by Gasteiger charge is -2.37. The molecule has 1 unspecified atom stereocenters. The van der Waals surface area contributed by atoms with E-state index < -0.39 is 5.82 Å². The zero-order valence-corrected chi connectivity index (χ0v) is 12.9. The van der Waals surface area contributed by atoms with Crippen molar-refractivity contribution in [3.8, 4) is 5.75 Å². The van der Waals surface area contributed by atoms with Crippen LogP contribution in [0.15, 0.2) is 18.2 Å². The number of hydrogen-bond acceptors (Lipinski definition) is 4. The Balaban J connectivity index is 1.93. The number of piperazine rings is 1. The fourth-order valence-electron chi connectivity index (χ4n) is 2.70. The lowest BCUT2D eigenvalue weighted by Crippen LogP contribution is -2.50. The maximum Gasteiger partial charge on any atom is 0.165 e. The van der Waals surface area contributed by atoms with Crippen LogP contribution in [0.3, 0.4) is 0 Å². The number of halogens is 1. The van der Waals surface area contributed by atoms with Crippen LogP contribution >= 0.6 is 0 Å². The Bertz CT molecular complexity index is 507. The topological polar surface area (TPSA) is 32.8 Å². The van der Waals surface area contributed by atoms with Gasteiger partial charge < -0.3 is 14.5 Å². The van der Waals surface area contributed by atoms with E-state index in [1.165, 1.54) is 13.2 Å². The molecule has 0 radical (unpaired) electrons. The summed E-state index contributed by atoms with van der Waals surface area (Å²) in [4.78, 5) is 16.7. The van der Waals surface area contributed by atoms with Crippen molar-refractivity contribution < 1.29 is 13.9 Å². The fourth-order valence-corrected chi connectivity index (χ4v) is 2.70. The number of hydrogen-bond donors (Lipinski definition) is 0. The average Bonchev–Trinajstić information content (AvgIpc) is 2.43. The molecule has 1 saturated heterocycles. The average molecular weight is 294 g/mol. The van der Waals surface area contributed by atoms with Gasteiger partial charge in [-0.05, 0) is 31.8 Å². The lowest BCUT2D eigenvalue weighted by atomic mass is 10.0. The van der Waals surface area contributed by atoms with E-state index in [1.54, 1.807) is 12.1 Å². The van der Waals surface area contributed by atoms with Crippen molar-refractivity contribution in [2.45, 2.75) is 18.9 Å². The summed E-state index contributed by atoms with van der Waals surface area (Å²) < 4.78 is 18.5. The normalized spacial score (nSPS) is 20.5. The first-order valence-corrected chi connectivity index (χ1v) is 7.22. The van der Waals surface area contributed by atoms with E-state index >= 15 is 0 Å². The molecule has 1 aromatic rings. The van der Waals surface area contributed by atoms with E-state index in [2.05, 4.69) is 23.9 Å². The fraction of sp³-hybridized carbons (Fsp3) is 0.562. The zero-order valence-electron chi connectivity index (χ0n) is 12.9. The predicted molar refractivity (Wildman–Crippen MR) is 80.2 cm³/mol. The van der Waals surface area contributed by atoms with Gasteiger partial charge >= 0.3 is 0 Å². The third-order valence-electron chi connectivity index (χ3n) is 4.06. The van der Waals surface area contributed by atoms with Gasteiger partial charge in [0.1, 0.15) is 5.78 Å². The highest BCUT2D eigenvalue weighted by atomic mass is 19.1. The van der Waals surface area contributed by atoms with Gasteiger partial charge in [0, 0.05) is 38.5 Å². The third-order valence-corrected chi connectivity index (χ3v) is 4.06. The molecule has 1 fully saturated rings. The van der Waals surface area contributed by atoms with E-state index in [1.807, 2.05) is 0 Å². The number of carbonyl (C=O) groups excluding carboxylic acids is 1. The number of rotatable bonds is 5. The molecule has 0 aliphatic carbocycles. The summed E-state index contributed by atoms with van der Waals surface area (Å²) in [5, 5.41) is 0. The zero-order chi connectivity index (χ0) is 15.4. The molecule has 0 N–H and O–H groups in total. The lowest BCUT2D eigenvalue weighted by molar-refractivity contribution is -0.120. The summed E-state index contributed by atoms with van der Waals surface area (Å²) in [5.74, 6) is -0.0659. The maximum atomic E-state index is 13.6. The molecule has 4 nitrogen and oxygen atoms in total. The highest BCUT2D eigenvalue weighted by Gasteiger charge is 2.24. The van der Waals surface area contributed by atoms with E-state index in [-0.39, 0.29) is 24.0 Å². The van der Waals surface area contributed by atoms with Crippen molar-refractivity contribution in [2.24, 2.45) is 0 Å². The second kappa shape index (κ2) is 7.00. The van der Waals surface area contributed by atoms with Crippen LogP contribution in [0, 0.1) is 5.82 Å². The van der Waals surface area contributed by atoms with Crippen molar-refractivity contribution in [1.82, 2.24) is 9.80 Å². The first-order chi connectivity index (χ1) is 9.99. The molecule has 1 heterocycles. The van der Waals surface area contributed by atoms with Crippen LogP contribution in [-0.2, 0) is 11.2 Å². The Morgan fingerprint density at radius 3 is 2.81 bits per heavy atom. The van der Waals surface area contributed by atoms with Gasteiger partial charge in [0.25, 0.3) is 0 Å². The molecule has 0 bridgehead atoms. The van der Waals surface area contributed by atoms with Crippen LogP contribution in [0.5, 0.6) is 5.75 Å². The summed E-state index contributed by atoms with van der Waals surface area (Å²) >= 11 is 0. The van der Waals surface area contributed by atoms with Crippen molar-refractivity contribution in [2.75, 3.05) is 40.8 Å². The van der Waals surface area contributed by atoms with Gasteiger partial charge in [0.05, 0.1) is 7.11 Å². The molecule has 1 aromatic carbocycles. The molecule has 0 aromatic heterocycles. The standard InChI is InChI=1S/C16H23FN2O2/c1-18-6-7-19(2)13(11-18)10-14(20)8-12-4-5-16(21-3)15(17)9-12/h4-5,9,13H,6-8,10-11H2,1-3H3. The third kappa shape index (κ3) is 4.25. The van der Waals surface area contributed by atoms with E-state index in [4.69, 9.17) is 4.74 Å². The minimum atomic E-state index is -0.419. The van der Waals surface area contributed by atoms with Gasteiger partial charge in [-0.25, -0.2) is 4.39 Å². The molecule has 21 heavy (non-hydrogen) atoms. The first-order valence-electron chi connectivity index (χ1n) is 7.22. The molecular weight excluding hydrogens is 271 g/mol. The van der Waals surface area contributed by atoms with E-state index in [9.17, 15) is 9.18 Å². The minimum Gasteiger partial charge on any atom is -0.494 e. The van der Waals surface area contributed by atoms with Crippen LogP contribution in [0.1, 0.15) is 12.0 Å². The Kier molecular flexibility index (Phi) is 5.31. The largest absolute Gasteiger partial charge is 0.494 e. The highest BCUT2D eigenvalue weighted by Crippen LogP contribution is 2.19. The first kappa shape index (κ1) is 15.9. The van der Waals surface area contributed by atoms with Gasteiger partial charge in [-0.15, -0.1) is 0 Å². The number of Topliss-reactive ketones (excluding diaryl/α,β-unsaturated/α-hetero) is 1. The van der Waals surface area contributed by atoms with Gasteiger partial charge in [-0.3, -0.25) is 4.79 Å². The van der Waals surface area contributed by atoms with Gasteiger partial charge in [0.2, 0.25) is 0 Å². The summed E-state index contributed by atoms with van der Waals surface area (Å²) in [6.45, 7) is 2.91. The molecule has 0 saturated carbocycles. The number of methoxy groups -OCH3 is 1. The Morgan fingerprint density at radius 2 is 2.14 bits per heavy atom. The molecule has 0 spiro atoms. The molecule has 1 atom stereocenters. The number of likely N-dealkylation sites (N-methyl/N-ethyl adjacent to an activating group) is 2. The molecule has 116 valence electrons. The van der Waals surface area contributed by atoms with Crippen molar-refractivity contribution in [3.63, 3.8) is 0 Å². The van der Waals surface area contributed by atoms with Crippen molar-refractivity contribution in [3.05, 3.63) is 29.6 Å². The van der Waals surface area contributed by atoms with Crippen LogP contribution in [0.2, 0.25) is 0 Å². The number of ketones is 1. The van der Waals surface area contributed by atoms with Crippen LogP contribution in [0.4, 0.5) is 4.39 Å². The predicted octanol–water partition coefficient (Wildman–Crippen LogP) is 1.58. The molecule has 1 aliphatic rings. The number of ether oxygens (including phenoxy) is 1. The monoisotopic (exact) mass is 294 g/mol. The molecule has 1 aliphatic heterocycles. The highest BCUT2D eigenvalue weighted by molar-refractivity contribution is 5.81. The second-order valence-electron chi connectivity index (χ2n) is 5.79. The van der Waals surface area contributed by atoms with Crippen LogP contribution < -0.4 is 4.74 Å². The second-order valence-corrected chi connectivity index (χ2v) is 5.79. The summed E-state index contributed by atoms with van der Waals surface area (Å²) in [6.07, 6.45) is 0.781. The van der Waals surface area contributed by atoms with Crippen molar-refractivity contribution >= 4 is 5.78 Å². The number of nitrogens with zero attached hydrogens (tertiary/aromatic N) is 2. The molecule has 2 rings (SSSR count). The van der Waals surface area contributed by atoms with E-state index in [0.717, 1.165) is 19.6 Å². The summed E-state index contributed by atoms with van der Waals surface area (Å²) in [7, 11) is 5.56. The SMILES string of the molecule is COc1ccc(CC(=O)CC2CN(C)CCN2C)cc1F. The van der Waals surface area contributed by atoms with Gasteiger partial charge in [0.15, 0.2) is 11.6 Å². The van der Waals surface area contributed by atoms with E-state index in [0.29, 0.717) is 12.0 Å². The molecular formula is C16H23FN2O2. The maximum absolute atomic E-state index is 13.6. The Labute approximate surface area is 125 Å². The smallest absolute Gasteiger partial charge is 0.165 e. The summed E-state index contributed by atoms with van der Waals surface area (Å²) in [6, 6.07) is 4.95. The quantitative estimate of drug-likeness (QED) is 0.825. The number of benzene rings is 1. The van der Waals surface area contributed by atoms with Crippen molar-refractivity contribution in [1.29, 1.82) is 0 Å². The van der Waals surface area contributed by atoms with Crippen LogP contribution in [-0.4, -0.2) is 62.5 Å². The van der Waals surface area contributed by atoms with Gasteiger partial charge in [-0.2, -0.15) is 0 Å². The molecule has 0 amide bonds. The number of carbonyl (C=O) groups is 1. The van der Waals surface area contributed by atoms with Crippen LogP contribution in [0.25, 0.3) is 0 Å². The Hall–Kier alpha value is -1.46. The molecule has 5 heteroatoms. The van der Waals surface area contributed by atoms with Gasteiger partial charge in [-0.1, -0.05) is 6.07 Å². The summed E-state index contributed by atoms with van der Waals surface area (Å²) in [5.41, 5.74) is 0.699. The minimum absolute atomic E-state index is 0.145. The Morgan fingerprint density at radius 1 is 1.38 bits per heavy atom.